The summed E-state index contributed by atoms with van der Waals surface area (Å²) in [6, 6.07) is 3.77. The average molecular weight is 222 g/mol. The lowest BCUT2D eigenvalue weighted by molar-refractivity contribution is 0.0691. The molecule has 0 saturated heterocycles. The molecular weight excluding hydrogens is 216 g/mol. The minimum atomic E-state index is -1.12. The molecule has 76 valence electrons. The van der Waals surface area contributed by atoms with Crippen molar-refractivity contribution in [2.24, 2.45) is 0 Å². The number of aromatic nitrogens is 1. The van der Waals surface area contributed by atoms with Crippen molar-refractivity contribution in [2.45, 2.75) is 0 Å². The van der Waals surface area contributed by atoms with Crippen LogP contribution in [0.2, 0.25) is 0 Å². The Morgan fingerprint density at radius 3 is 2.53 bits per heavy atom. The van der Waals surface area contributed by atoms with Gasteiger partial charge >= 0.3 is 5.97 Å². The van der Waals surface area contributed by atoms with Crippen LogP contribution in [0.25, 0.3) is 0 Å². The number of hydrogen-bond acceptors (Lipinski definition) is 6. The van der Waals surface area contributed by atoms with Crippen molar-refractivity contribution < 1.29 is 9.90 Å². The average Bonchev–Trinajstić information content (AvgIpc) is 2.66. The summed E-state index contributed by atoms with van der Waals surface area (Å²) < 4.78 is 0. The summed E-state index contributed by atoms with van der Waals surface area (Å²) in [5.41, 5.74) is -0.0733. The predicted molar refractivity (Wildman–Crippen MR) is 52.5 cm³/mol. The van der Waals surface area contributed by atoms with Crippen LogP contribution in [0, 0.1) is 22.7 Å². The molecule has 0 atom stereocenters. The summed E-state index contributed by atoms with van der Waals surface area (Å²) in [6.45, 7) is 0.0280. The molecule has 0 spiro atoms. The van der Waals surface area contributed by atoms with Gasteiger partial charge in [-0.15, -0.1) is 11.3 Å². The van der Waals surface area contributed by atoms with E-state index >= 15 is 0 Å². The molecule has 6 nitrogen and oxygen atoms in total. The third kappa shape index (κ3) is 2.66. The van der Waals surface area contributed by atoms with Crippen LogP contribution in [-0.4, -0.2) is 29.1 Å². The summed E-state index contributed by atoms with van der Waals surface area (Å²) in [5.74, 6) is -1.12. The highest BCUT2D eigenvalue weighted by atomic mass is 32.1. The second-order valence-electron chi connectivity index (χ2n) is 2.49. The van der Waals surface area contributed by atoms with Gasteiger partial charge in [0.25, 0.3) is 0 Å². The van der Waals surface area contributed by atoms with Gasteiger partial charge in [0.15, 0.2) is 10.8 Å². The van der Waals surface area contributed by atoms with Gasteiger partial charge in [-0.2, -0.15) is 10.5 Å². The minimum absolute atomic E-state index is 0.0140. The monoisotopic (exact) mass is 222 g/mol. The Morgan fingerprint density at radius 2 is 2.13 bits per heavy atom. The molecule has 1 aromatic heterocycles. The van der Waals surface area contributed by atoms with Crippen molar-refractivity contribution in [3.8, 4) is 12.1 Å². The van der Waals surface area contributed by atoms with E-state index in [1.165, 1.54) is 10.3 Å². The number of hydrogen-bond donors (Lipinski definition) is 1. The fourth-order valence-corrected chi connectivity index (χ4v) is 1.67. The number of thiazole rings is 1. The van der Waals surface area contributed by atoms with Gasteiger partial charge in [0, 0.05) is 5.38 Å². The number of nitrogens with zero attached hydrogens (tertiary/aromatic N) is 4. The van der Waals surface area contributed by atoms with E-state index in [9.17, 15) is 4.79 Å². The Kier molecular flexibility index (Phi) is 3.61. The fraction of sp³-hybridized carbons (Fsp3) is 0.250. The molecule has 0 bridgehead atoms. The third-order valence-electron chi connectivity index (χ3n) is 1.50. The zero-order valence-corrected chi connectivity index (χ0v) is 8.36. The molecular formula is C8H6N4O2S. The summed E-state index contributed by atoms with van der Waals surface area (Å²) in [4.78, 5) is 15.8. The summed E-state index contributed by atoms with van der Waals surface area (Å²) in [5, 5.41) is 27.4. The molecule has 0 aromatic carbocycles. The van der Waals surface area contributed by atoms with Crippen LogP contribution in [0.15, 0.2) is 5.38 Å². The Bertz CT molecular complexity index is 426. The maximum absolute atomic E-state index is 10.5. The highest BCUT2D eigenvalue weighted by molar-refractivity contribution is 7.13. The van der Waals surface area contributed by atoms with Crippen molar-refractivity contribution in [3.05, 3.63) is 11.1 Å². The van der Waals surface area contributed by atoms with E-state index in [2.05, 4.69) is 4.98 Å². The molecule has 1 aromatic rings. The molecule has 0 unspecified atom stereocenters. The zero-order chi connectivity index (χ0) is 11.3. The van der Waals surface area contributed by atoms with Crippen LogP contribution >= 0.6 is 11.3 Å². The molecule has 0 fully saturated rings. The molecule has 1 N–H and O–H groups in total. The summed E-state index contributed by atoms with van der Waals surface area (Å²) in [6.07, 6.45) is 0. The first kappa shape index (κ1) is 11.0. The topological polar surface area (TPSA) is 101 Å². The van der Waals surface area contributed by atoms with Gasteiger partial charge in [0.1, 0.15) is 13.1 Å². The van der Waals surface area contributed by atoms with Gasteiger partial charge in [-0.3, -0.25) is 0 Å². The maximum Gasteiger partial charge on any atom is 0.355 e. The number of rotatable bonds is 4. The summed E-state index contributed by atoms with van der Waals surface area (Å²) >= 11 is 1.10. The number of anilines is 1. The van der Waals surface area contributed by atoms with Crippen LogP contribution < -0.4 is 4.90 Å². The van der Waals surface area contributed by atoms with Crippen molar-refractivity contribution in [1.29, 1.82) is 10.5 Å². The Balaban J connectivity index is 2.88. The van der Waals surface area contributed by atoms with Crippen LogP contribution in [-0.2, 0) is 0 Å². The number of aromatic carboxylic acids is 1. The molecule has 0 aliphatic heterocycles. The fourth-order valence-electron chi connectivity index (χ4n) is 0.870. The summed E-state index contributed by atoms with van der Waals surface area (Å²) in [7, 11) is 0. The van der Waals surface area contributed by atoms with Gasteiger partial charge in [-0.05, 0) is 0 Å². The predicted octanol–water partition coefficient (Wildman–Crippen LogP) is 0.695. The normalized spacial score (nSPS) is 8.93. The quantitative estimate of drug-likeness (QED) is 0.752. The molecule has 15 heavy (non-hydrogen) atoms. The van der Waals surface area contributed by atoms with Gasteiger partial charge in [0.05, 0.1) is 12.1 Å². The number of carboxylic acid groups (broad SMARTS) is 1. The van der Waals surface area contributed by atoms with Crippen molar-refractivity contribution in [1.82, 2.24) is 4.98 Å². The van der Waals surface area contributed by atoms with Gasteiger partial charge in [-0.25, -0.2) is 9.78 Å². The van der Waals surface area contributed by atoms with Crippen molar-refractivity contribution in [3.63, 3.8) is 0 Å². The van der Waals surface area contributed by atoms with Crippen LogP contribution in [0.4, 0.5) is 5.13 Å². The molecule has 0 saturated carbocycles. The molecule has 1 heterocycles. The van der Waals surface area contributed by atoms with E-state index in [-0.39, 0.29) is 18.8 Å². The van der Waals surface area contributed by atoms with Crippen LogP contribution in [0.1, 0.15) is 10.5 Å². The molecule has 0 aliphatic carbocycles. The molecule has 0 aliphatic rings. The largest absolute Gasteiger partial charge is 0.476 e. The van der Waals surface area contributed by atoms with E-state index < -0.39 is 5.97 Å². The first-order valence-corrected chi connectivity index (χ1v) is 4.74. The van der Waals surface area contributed by atoms with E-state index in [1.807, 2.05) is 12.1 Å². The standard InChI is InChI=1S/C8H6N4O2S/c9-1-3-12(4-2-10)8-11-6(5-15-8)7(13)14/h5H,3-4H2,(H,13,14). The number of nitriles is 2. The Hall–Kier alpha value is -2.12. The lowest BCUT2D eigenvalue weighted by Crippen LogP contribution is -2.23. The minimum Gasteiger partial charge on any atom is -0.476 e. The van der Waals surface area contributed by atoms with E-state index in [1.54, 1.807) is 0 Å². The zero-order valence-electron chi connectivity index (χ0n) is 7.54. The third-order valence-corrected chi connectivity index (χ3v) is 2.41. The van der Waals surface area contributed by atoms with Crippen LogP contribution in [0.5, 0.6) is 0 Å². The van der Waals surface area contributed by atoms with Gasteiger partial charge in [-0.1, -0.05) is 0 Å². The maximum atomic E-state index is 10.5. The molecule has 0 amide bonds. The lowest BCUT2D eigenvalue weighted by Gasteiger charge is -2.12. The van der Waals surface area contributed by atoms with Gasteiger partial charge < -0.3 is 10.0 Å². The smallest absolute Gasteiger partial charge is 0.355 e. The molecule has 0 radical (unpaired) electrons. The molecule has 7 heteroatoms. The number of carbonyl (C=O) groups is 1. The first-order valence-electron chi connectivity index (χ1n) is 3.86. The van der Waals surface area contributed by atoms with E-state index in [4.69, 9.17) is 15.6 Å². The van der Waals surface area contributed by atoms with E-state index in [0.717, 1.165) is 11.3 Å². The highest BCUT2D eigenvalue weighted by Gasteiger charge is 2.13. The van der Waals surface area contributed by atoms with E-state index in [0.29, 0.717) is 5.13 Å². The molecule has 1 rings (SSSR count). The second kappa shape index (κ2) is 4.94. The Labute approximate surface area is 89.6 Å². The van der Waals surface area contributed by atoms with Gasteiger partial charge in [0.2, 0.25) is 0 Å². The second-order valence-corrected chi connectivity index (χ2v) is 3.33. The number of carboxylic acids is 1. The first-order chi connectivity index (χ1) is 7.19. The van der Waals surface area contributed by atoms with Crippen molar-refractivity contribution >= 4 is 22.4 Å². The Morgan fingerprint density at radius 1 is 1.53 bits per heavy atom. The van der Waals surface area contributed by atoms with Crippen LogP contribution in [0.3, 0.4) is 0 Å². The lowest BCUT2D eigenvalue weighted by atomic mass is 10.5. The SMILES string of the molecule is N#CCN(CC#N)c1nc(C(=O)O)cs1. The van der Waals surface area contributed by atoms with Crippen molar-refractivity contribution in [2.75, 3.05) is 18.0 Å². The highest BCUT2D eigenvalue weighted by Crippen LogP contribution is 2.19.